The third kappa shape index (κ3) is 5.15. The Morgan fingerprint density at radius 3 is 2.43 bits per heavy atom. The Balaban J connectivity index is 1.43. The maximum Gasteiger partial charge on any atom is 0.262 e. The molecule has 2 N–H and O–H groups in total. The minimum Gasteiger partial charge on any atom is -0.492 e. The number of sulfonamides is 1. The van der Waals surface area contributed by atoms with Crippen LogP contribution in [0.3, 0.4) is 0 Å². The van der Waals surface area contributed by atoms with Crippen LogP contribution in [0.15, 0.2) is 53.4 Å². The molecule has 37 heavy (non-hydrogen) atoms. The largest absolute Gasteiger partial charge is 0.492 e. The fourth-order valence-corrected chi connectivity index (χ4v) is 5.72. The zero-order chi connectivity index (χ0) is 26.0. The van der Waals surface area contributed by atoms with Crippen molar-refractivity contribution in [3.05, 3.63) is 48.5 Å². The molecule has 0 saturated carbocycles. The zero-order valence-corrected chi connectivity index (χ0v) is 22.0. The molecule has 196 valence electrons. The Morgan fingerprint density at radius 1 is 0.973 bits per heavy atom. The van der Waals surface area contributed by atoms with Crippen molar-refractivity contribution in [2.24, 2.45) is 7.05 Å². The van der Waals surface area contributed by atoms with Crippen LogP contribution in [0.1, 0.15) is 0 Å². The first-order valence-electron chi connectivity index (χ1n) is 12.1. The fraction of sp³-hybridized carbons (Fsp3) is 0.346. The van der Waals surface area contributed by atoms with Gasteiger partial charge in [-0.3, -0.25) is 9.62 Å². The van der Waals surface area contributed by atoms with Gasteiger partial charge in [0.05, 0.1) is 19.1 Å². The van der Waals surface area contributed by atoms with E-state index >= 15 is 0 Å². The topological polar surface area (TPSA) is 107 Å². The summed E-state index contributed by atoms with van der Waals surface area (Å²) < 4.78 is 47.6. The van der Waals surface area contributed by atoms with Crippen molar-refractivity contribution in [1.29, 1.82) is 0 Å². The van der Waals surface area contributed by atoms with E-state index in [2.05, 4.69) is 24.5 Å². The van der Waals surface area contributed by atoms with Crippen molar-refractivity contribution in [3.8, 4) is 17.5 Å². The maximum absolute atomic E-state index is 13.3. The van der Waals surface area contributed by atoms with Crippen molar-refractivity contribution in [2.75, 3.05) is 58.3 Å². The number of nitrogens with zero attached hydrogens (tertiary/aromatic N) is 3. The number of aryl methyl sites for hydroxylation is 1. The number of pyridine rings is 1. The lowest BCUT2D eigenvalue weighted by Gasteiger charge is -2.26. The molecule has 5 rings (SSSR count). The molecule has 1 aliphatic rings. The number of hydrogen-bond donors (Lipinski definition) is 2. The standard InChI is InChI=1S/C26H31N5O5S/c1-30-23-7-4-18(36-15-14-31-12-10-27-11-13-31)16-20(23)21-17-19(5-8-24(21)30)37(32,33)29-22-6-9-25(34-2)28-26(22)35-3/h4-9,16-17,27,29H,10-15H2,1-3H3. The summed E-state index contributed by atoms with van der Waals surface area (Å²) in [5, 5.41) is 5.11. The monoisotopic (exact) mass is 525 g/mol. The molecule has 0 unspecified atom stereocenters. The van der Waals surface area contributed by atoms with Crippen molar-refractivity contribution in [1.82, 2.24) is 19.8 Å². The molecule has 0 radical (unpaired) electrons. The maximum atomic E-state index is 13.3. The van der Waals surface area contributed by atoms with Gasteiger partial charge in [0.15, 0.2) is 0 Å². The first-order chi connectivity index (χ1) is 17.9. The smallest absolute Gasteiger partial charge is 0.262 e. The van der Waals surface area contributed by atoms with E-state index in [-0.39, 0.29) is 16.5 Å². The number of methoxy groups -OCH3 is 2. The van der Waals surface area contributed by atoms with Crippen LogP contribution in [0.5, 0.6) is 17.5 Å². The van der Waals surface area contributed by atoms with Crippen molar-refractivity contribution < 1.29 is 22.6 Å². The molecule has 1 fully saturated rings. The number of fused-ring (bicyclic) bond motifs is 3. The van der Waals surface area contributed by atoms with Crippen LogP contribution >= 0.6 is 0 Å². The summed E-state index contributed by atoms with van der Waals surface area (Å²) in [4.78, 5) is 6.66. The summed E-state index contributed by atoms with van der Waals surface area (Å²) in [5.74, 6) is 1.20. The SMILES string of the molecule is COc1ccc(NS(=O)(=O)c2ccc3c(c2)c2cc(OCCN4CCNCC4)ccc2n3C)c(OC)n1. The van der Waals surface area contributed by atoms with Crippen molar-refractivity contribution >= 4 is 37.5 Å². The highest BCUT2D eigenvalue weighted by Gasteiger charge is 2.20. The number of nitrogens with one attached hydrogen (secondary N) is 2. The summed E-state index contributed by atoms with van der Waals surface area (Å²) in [6.07, 6.45) is 0. The lowest BCUT2D eigenvalue weighted by molar-refractivity contribution is 0.191. The first-order valence-corrected chi connectivity index (χ1v) is 13.6. The average Bonchev–Trinajstić information content (AvgIpc) is 3.20. The van der Waals surface area contributed by atoms with Gasteiger partial charge >= 0.3 is 0 Å². The summed E-state index contributed by atoms with van der Waals surface area (Å²) >= 11 is 0. The molecule has 1 saturated heterocycles. The Hall–Kier alpha value is -3.54. The molecule has 2 aromatic heterocycles. The average molecular weight is 526 g/mol. The minimum atomic E-state index is -3.92. The number of hydrogen-bond acceptors (Lipinski definition) is 8. The quantitative estimate of drug-likeness (QED) is 0.344. The van der Waals surface area contributed by atoms with E-state index in [1.807, 2.05) is 31.3 Å². The molecule has 4 aromatic rings. The number of piperazine rings is 1. The molecule has 11 heteroatoms. The molecule has 0 aliphatic carbocycles. The van der Waals surface area contributed by atoms with Gasteiger partial charge in [-0.1, -0.05) is 0 Å². The molecule has 3 heterocycles. The van der Waals surface area contributed by atoms with Gasteiger partial charge in [-0.2, -0.15) is 4.98 Å². The minimum absolute atomic E-state index is 0.122. The summed E-state index contributed by atoms with van der Waals surface area (Å²) in [7, 11) is 0.955. The second kappa shape index (κ2) is 10.4. The van der Waals surface area contributed by atoms with Crippen LogP contribution in [0.4, 0.5) is 5.69 Å². The van der Waals surface area contributed by atoms with Crippen molar-refractivity contribution in [3.63, 3.8) is 0 Å². The first kappa shape index (κ1) is 25.1. The van der Waals surface area contributed by atoms with Gasteiger partial charge in [0, 0.05) is 67.6 Å². The van der Waals surface area contributed by atoms with E-state index in [4.69, 9.17) is 14.2 Å². The van der Waals surface area contributed by atoms with E-state index in [1.165, 1.54) is 14.2 Å². The lowest BCUT2D eigenvalue weighted by atomic mass is 10.1. The Morgan fingerprint density at radius 2 is 1.70 bits per heavy atom. The second-order valence-electron chi connectivity index (χ2n) is 8.87. The Labute approximate surface area is 216 Å². The number of anilines is 1. The normalized spacial score (nSPS) is 14.7. The highest BCUT2D eigenvalue weighted by molar-refractivity contribution is 7.92. The summed E-state index contributed by atoms with van der Waals surface area (Å²) in [6.45, 7) is 5.52. The predicted octanol–water partition coefficient (Wildman–Crippen LogP) is 2.83. The van der Waals surface area contributed by atoms with E-state index in [0.717, 1.165) is 60.3 Å². The molecule has 10 nitrogen and oxygen atoms in total. The highest BCUT2D eigenvalue weighted by Crippen LogP contribution is 2.34. The van der Waals surface area contributed by atoms with Gasteiger partial charge in [0.25, 0.3) is 10.0 Å². The third-order valence-corrected chi connectivity index (χ3v) is 7.99. The van der Waals surface area contributed by atoms with E-state index in [0.29, 0.717) is 12.5 Å². The fourth-order valence-electron chi connectivity index (χ4n) is 4.63. The number of aromatic nitrogens is 2. The van der Waals surface area contributed by atoms with Gasteiger partial charge in [-0.05, 0) is 42.5 Å². The Bertz CT molecular complexity index is 1530. The molecule has 0 spiro atoms. The lowest BCUT2D eigenvalue weighted by Crippen LogP contribution is -2.44. The number of benzene rings is 2. The van der Waals surface area contributed by atoms with Gasteiger partial charge in [0.1, 0.15) is 18.0 Å². The van der Waals surface area contributed by atoms with Gasteiger partial charge in [-0.15, -0.1) is 0 Å². The second-order valence-corrected chi connectivity index (χ2v) is 10.6. The molecule has 2 aromatic carbocycles. The van der Waals surface area contributed by atoms with Crippen LogP contribution in [-0.4, -0.2) is 76.4 Å². The zero-order valence-electron chi connectivity index (χ0n) is 21.2. The predicted molar refractivity (Wildman–Crippen MR) is 143 cm³/mol. The number of rotatable bonds is 9. The van der Waals surface area contributed by atoms with Crippen LogP contribution in [-0.2, 0) is 17.1 Å². The summed E-state index contributed by atoms with van der Waals surface area (Å²) in [6, 6.07) is 14.2. The van der Waals surface area contributed by atoms with E-state index < -0.39 is 10.0 Å². The molecule has 0 bridgehead atoms. The van der Waals surface area contributed by atoms with E-state index in [1.54, 1.807) is 24.3 Å². The van der Waals surface area contributed by atoms with Gasteiger partial charge < -0.3 is 24.1 Å². The molecular formula is C26H31N5O5S. The molecule has 0 atom stereocenters. The van der Waals surface area contributed by atoms with Gasteiger partial charge in [0.2, 0.25) is 11.8 Å². The van der Waals surface area contributed by atoms with Crippen LogP contribution < -0.4 is 24.2 Å². The van der Waals surface area contributed by atoms with Crippen LogP contribution in [0, 0.1) is 0 Å². The third-order valence-electron chi connectivity index (χ3n) is 6.63. The van der Waals surface area contributed by atoms with Crippen molar-refractivity contribution in [2.45, 2.75) is 4.90 Å². The molecule has 1 aliphatic heterocycles. The highest BCUT2D eigenvalue weighted by atomic mass is 32.2. The Kier molecular flexibility index (Phi) is 7.09. The van der Waals surface area contributed by atoms with Crippen LogP contribution in [0.25, 0.3) is 21.8 Å². The van der Waals surface area contributed by atoms with Gasteiger partial charge in [-0.25, -0.2) is 8.42 Å². The molecular weight excluding hydrogens is 494 g/mol. The van der Waals surface area contributed by atoms with Crippen LogP contribution in [0.2, 0.25) is 0 Å². The number of ether oxygens (including phenoxy) is 3. The summed E-state index contributed by atoms with van der Waals surface area (Å²) in [5.41, 5.74) is 2.14. The van der Waals surface area contributed by atoms with E-state index in [9.17, 15) is 8.42 Å². The molecule has 0 amide bonds.